The molecule has 1 aromatic carbocycles. The first-order chi connectivity index (χ1) is 9.35. The third kappa shape index (κ3) is 3.41. The molecule has 1 N–H and O–H groups in total. The van der Waals surface area contributed by atoms with Gasteiger partial charge < -0.3 is 14.8 Å². The molecule has 2 saturated carbocycles. The van der Waals surface area contributed by atoms with E-state index in [0.717, 1.165) is 30.6 Å². The van der Waals surface area contributed by atoms with Crippen molar-refractivity contribution in [1.82, 2.24) is 5.32 Å². The Labute approximate surface area is 115 Å². The number of ether oxygens (including phenoxy) is 2. The zero-order valence-electron chi connectivity index (χ0n) is 11.7. The quantitative estimate of drug-likeness (QED) is 0.818. The van der Waals surface area contributed by atoms with Gasteiger partial charge in [0.25, 0.3) is 0 Å². The molecule has 3 rings (SSSR count). The Hall–Kier alpha value is -1.22. The van der Waals surface area contributed by atoms with Crippen molar-refractivity contribution in [2.24, 2.45) is 5.92 Å². The zero-order chi connectivity index (χ0) is 13.1. The number of methoxy groups -OCH3 is 1. The van der Waals surface area contributed by atoms with Crippen molar-refractivity contribution in [2.75, 3.05) is 13.7 Å². The Bertz CT molecular complexity index is 425. The maximum absolute atomic E-state index is 6.00. The molecular weight excluding hydrogens is 238 g/mol. The molecular formula is C16H23NO2. The standard InChI is InChI=1S/C16H23NO2/c1-18-15-7-8-16(19-11-12-3-2-4-12)13(9-15)10-17-14-5-6-14/h7-9,12,14,17H,2-6,10-11H2,1H3. The summed E-state index contributed by atoms with van der Waals surface area (Å²) in [6.07, 6.45) is 6.63. The third-order valence-electron chi connectivity index (χ3n) is 4.13. The molecule has 0 spiro atoms. The van der Waals surface area contributed by atoms with Crippen LogP contribution in [0.5, 0.6) is 11.5 Å². The van der Waals surface area contributed by atoms with Crippen LogP contribution in [0.2, 0.25) is 0 Å². The van der Waals surface area contributed by atoms with Crippen LogP contribution in [0.25, 0.3) is 0 Å². The summed E-state index contributed by atoms with van der Waals surface area (Å²) in [6, 6.07) is 6.83. The van der Waals surface area contributed by atoms with Gasteiger partial charge in [0.15, 0.2) is 0 Å². The minimum absolute atomic E-state index is 0.714. The van der Waals surface area contributed by atoms with Gasteiger partial charge in [-0.25, -0.2) is 0 Å². The summed E-state index contributed by atoms with van der Waals surface area (Å²) in [5.74, 6) is 2.69. The SMILES string of the molecule is COc1ccc(OCC2CCC2)c(CNC2CC2)c1. The third-order valence-corrected chi connectivity index (χ3v) is 4.13. The van der Waals surface area contributed by atoms with Crippen LogP contribution < -0.4 is 14.8 Å². The monoisotopic (exact) mass is 261 g/mol. The lowest BCUT2D eigenvalue weighted by Gasteiger charge is -2.25. The molecule has 3 nitrogen and oxygen atoms in total. The first-order valence-corrected chi connectivity index (χ1v) is 7.38. The molecule has 2 aliphatic rings. The van der Waals surface area contributed by atoms with Gasteiger partial charge in [0.05, 0.1) is 13.7 Å². The van der Waals surface area contributed by atoms with Gasteiger partial charge in [0.1, 0.15) is 11.5 Å². The Morgan fingerprint density at radius 2 is 2.05 bits per heavy atom. The van der Waals surface area contributed by atoms with Crippen LogP contribution in [0.3, 0.4) is 0 Å². The topological polar surface area (TPSA) is 30.5 Å². The number of nitrogens with one attached hydrogen (secondary N) is 1. The van der Waals surface area contributed by atoms with Crippen LogP contribution in [0, 0.1) is 5.92 Å². The van der Waals surface area contributed by atoms with E-state index in [-0.39, 0.29) is 0 Å². The molecule has 2 aliphatic carbocycles. The molecule has 104 valence electrons. The summed E-state index contributed by atoms with van der Waals surface area (Å²) < 4.78 is 11.3. The Balaban J connectivity index is 1.63. The lowest BCUT2D eigenvalue weighted by molar-refractivity contribution is 0.179. The van der Waals surface area contributed by atoms with Gasteiger partial charge in [-0.05, 0) is 49.8 Å². The van der Waals surface area contributed by atoms with Crippen molar-refractivity contribution in [1.29, 1.82) is 0 Å². The number of hydrogen-bond acceptors (Lipinski definition) is 3. The minimum atomic E-state index is 0.714. The van der Waals surface area contributed by atoms with E-state index >= 15 is 0 Å². The molecule has 0 bridgehead atoms. The summed E-state index contributed by atoms with van der Waals surface area (Å²) in [5, 5.41) is 3.54. The summed E-state index contributed by atoms with van der Waals surface area (Å²) in [5.41, 5.74) is 1.21. The second-order valence-electron chi connectivity index (χ2n) is 5.74. The first-order valence-electron chi connectivity index (χ1n) is 7.38. The fourth-order valence-electron chi connectivity index (χ4n) is 2.37. The summed E-state index contributed by atoms with van der Waals surface area (Å²) in [4.78, 5) is 0. The van der Waals surface area contributed by atoms with Crippen molar-refractivity contribution in [3.63, 3.8) is 0 Å². The van der Waals surface area contributed by atoms with Gasteiger partial charge in [0, 0.05) is 18.2 Å². The fourth-order valence-corrected chi connectivity index (χ4v) is 2.37. The van der Waals surface area contributed by atoms with Gasteiger partial charge in [-0.15, -0.1) is 0 Å². The summed E-state index contributed by atoms with van der Waals surface area (Å²) in [6.45, 7) is 1.74. The van der Waals surface area contributed by atoms with E-state index in [9.17, 15) is 0 Å². The fraction of sp³-hybridized carbons (Fsp3) is 0.625. The molecule has 0 unspecified atom stereocenters. The van der Waals surface area contributed by atoms with Crippen LogP contribution in [-0.4, -0.2) is 19.8 Å². The van der Waals surface area contributed by atoms with E-state index in [0.29, 0.717) is 6.04 Å². The van der Waals surface area contributed by atoms with E-state index < -0.39 is 0 Å². The zero-order valence-corrected chi connectivity index (χ0v) is 11.7. The highest BCUT2D eigenvalue weighted by molar-refractivity contribution is 5.40. The molecule has 0 aromatic heterocycles. The number of rotatable bonds is 7. The van der Waals surface area contributed by atoms with E-state index in [1.54, 1.807) is 7.11 Å². The van der Waals surface area contributed by atoms with Crippen LogP contribution in [0.4, 0.5) is 0 Å². The van der Waals surface area contributed by atoms with Crippen molar-refractivity contribution in [3.05, 3.63) is 23.8 Å². The van der Waals surface area contributed by atoms with E-state index in [1.807, 2.05) is 12.1 Å². The van der Waals surface area contributed by atoms with Gasteiger partial charge >= 0.3 is 0 Å². The van der Waals surface area contributed by atoms with Crippen LogP contribution in [0.15, 0.2) is 18.2 Å². The van der Waals surface area contributed by atoms with Crippen molar-refractivity contribution in [2.45, 2.75) is 44.7 Å². The lowest BCUT2D eigenvalue weighted by Crippen LogP contribution is -2.21. The van der Waals surface area contributed by atoms with E-state index in [2.05, 4.69) is 11.4 Å². The molecule has 3 heteroatoms. The van der Waals surface area contributed by atoms with E-state index in [1.165, 1.54) is 37.7 Å². The molecule has 19 heavy (non-hydrogen) atoms. The highest BCUT2D eigenvalue weighted by Crippen LogP contribution is 2.30. The number of benzene rings is 1. The Morgan fingerprint density at radius 1 is 1.21 bits per heavy atom. The Kier molecular flexibility index (Phi) is 3.92. The van der Waals surface area contributed by atoms with Crippen LogP contribution >= 0.6 is 0 Å². The lowest BCUT2D eigenvalue weighted by atomic mass is 9.86. The summed E-state index contributed by atoms with van der Waals surface area (Å²) >= 11 is 0. The summed E-state index contributed by atoms with van der Waals surface area (Å²) in [7, 11) is 1.71. The highest BCUT2D eigenvalue weighted by Gasteiger charge is 2.21. The first kappa shape index (κ1) is 12.8. The average Bonchev–Trinajstić information content (AvgIpc) is 3.19. The molecule has 1 aromatic rings. The highest BCUT2D eigenvalue weighted by atomic mass is 16.5. The van der Waals surface area contributed by atoms with Gasteiger partial charge in [-0.1, -0.05) is 6.42 Å². The largest absolute Gasteiger partial charge is 0.497 e. The second kappa shape index (κ2) is 5.83. The second-order valence-corrected chi connectivity index (χ2v) is 5.74. The van der Waals surface area contributed by atoms with E-state index in [4.69, 9.17) is 9.47 Å². The molecule has 0 atom stereocenters. The predicted molar refractivity (Wildman–Crippen MR) is 75.7 cm³/mol. The molecule has 0 amide bonds. The Morgan fingerprint density at radius 3 is 2.68 bits per heavy atom. The average molecular weight is 261 g/mol. The maximum atomic E-state index is 6.00. The smallest absolute Gasteiger partial charge is 0.124 e. The minimum Gasteiger partial charge on any atom is -0.497 e. The molecule has 0 heterocycles. The normalized spacial score (nSPS) is 19.0. The van der Waals surface area contributed by atoms with Crippen molar-refractivity contribution < 1.29 is 9.47 Å². The van der Waals surface area contributed by atoms with Crippen molar-refractivity contribution >= 4 is 0 Å². The van der Waals surface area contributed by atoms with Gasteiger partial charge in [-0.2, -0.15) is 0 Å². The predicted octanol–water partition coefficient (Wildman–Crippen LogP) is 3.13. The maximum Gasteiger partial charge on any atom is 0.124 e. The van der Waals surface area contributed by atoms with Gasteiger partial charge in [0.2, 0.25) is 0 Å². The van der Waals surface area contributed by atoms with Crippen molar-refractivity contribution in [3.8, 4) is 11.5 Å². The molecule has 0 saturated heterocycles. The molecule has 0 radical (unpaired) electrons. The number of hydrogen-bond donors (Lipinski definition) is 1. The molecule has 0 aliphatic heterocycles. The van der Waals surface area contributed by atoms with Crippen LogP contribution in [0.1, 0.15) is 37.7 Å². The molecule has 2 fully saturated rings. The van der Waals surface area contributed by atoms with Crippen LogP contribution in [-0.2, 0) is 6.54 Å². The van der Waals surface area contributed by atoms with Gasteiger partial charge in [-0.3, -0.25) is 0 Å².